The summed E-state index contributed by atoms with van der Waals surface area (Å²) in [4.78, 5) is 13.2. The van der Waals surface area contributed by atoms with Crippen molar-refractivity contribution in [3.8, 4) is 0 Å². The number of nitrogens with one attached hydrogen (secondary N) is 1. The molecule has 21 heavy (non-hydrogen) atoms. The van der Waals surface area contributed by atoms with Crippen molar-refractivity contribution in [1.29, 1.82) is 0 Å². The second-order valence-electron chi connectivity index (χ2n) is 5.01. The Labute approximate surface area is 135 Å². The Kier molecular flexibility index (Phi) is 3.83. The molecule has 106 valence electrons. The number of thiophene rings is 1. The van der Waals surface area contributed by atoms with Crippen molar-refractivity contribution in [3.63, 3.8) is 0 Å². The van der Waals surface area contributed by atoms with Crippen molar-refractivity contribution < 1.29 is 4.79 Å². The van der Waals surface area contributed by atoms with Gasteiger partial charge < -0.3 is 5.32 Å². The highest BCUT2D eigenvalue weighted by Crippen LogP contribution is 2.35. The molecule has 0 aliphatic rings. The second kappa shape index (κ2) is 5.62. The van der Waals surface area contributed by atoms with E-state index in [9.17, 15) is 4.79 Å². The molecule has 0 saturated carbocycles. The molecular weight excluding hydrogens is 346 g/mol. The summed E-state index contributed by atoms with van der Waals surface area (Å²) in [5, 5.41) is 4.07. The summed E-state index contributed by atoms with van der Waals surface area (Å²) in [6, 6.07) is 14.0. The van der Waals surface area contributed by atoms with Gasteiger partial charge in [-0.2, -0.15) is 0 Å². The first-order valence-corrected chi connectivity index (χ1v) is 8.23. The molecule has 0 spiro atoms. The highest BCUT2D eigenvalue weighted by Gasteiger charge is 2.17. The van der Waals surface area contributed by atoms with Gasteiger partial charge in [0.25, 0.3) is 5.91 Å². The fourth-order valence-corrected chi connectivity index (χ4v) is 4.18. The number of rotatable bonds is 2. The molecule has 1 amide bonds. The topological polar surface area (TPSA) is 29.1 Å². The van der Waals surface area contributed by atoms with E-state index in [-0.39, 0.29) is 5.91 Å². The van der Waals surface area contributed by atoms with E-state index < -0.39 is 0 Å². The molecule has 2 aromatic carbocycles. The van der Waals surface area contributed by atoms with Gasteiger partial charge in [0.1, 0.15) is 4.88 Å². The smallest absolute Gasteiger partial charge is 0.266 e. The third-order valence-electron chi connectivity index (χ3n) is 3.37. The first kappa shape index (κ1) is 14.3. The number of aryl methyl sites for hydroxylation is 2. The van der Waals surface area contributed by atoms with E-state index >= 15 is 0 Å². The Balaban J connectivity index is 1.95. The second-order valence-corrected chi connectivity index (χ2v) is 6.86. The van der Waals surface area contributed by atoms with Crippen LogP contribution >= 0.6 is 27.3 Å². The lowest BCUT2D eigenvalue weighted by atomic mass is 10.1. The van der Waals surface area contributed by atoms with Gasteiger partial charge in [-0.05, 0) is 47.5 Å². The summed E-state index contributed by atoms with van der Waals surface area (Å²) in [7, 11) is 0. The van der Waals surface area contributed by atoms with Gasteiger partial charge in [-0.3, -0.25) is 4.79 Å². The maximum atomic E-state index is 12.5. The lowest BCUT2D eigenvalue weighted by Crippen LogP contribution is -2.11. The van der Waals surface area contributed by atoms with E-state index in [2.05, 4.69) is 27.3 Å². The van der Waals surface area contributed by atoms with Crippen molar-refractivity contribution in [2.75, 3.05) is 5.32 Å². The van der Waals surface area contributed by atoms with Gasteiger partial charge in [-0.15, -0.1) is 11.3 Å². The molecule has 1 N–H and O–H groups in total. The standard InChI is InChI=1S/C17H14BrNOS/c1-10-7-8-13(11(2)9-10)19-17(20)16-15(18)12-5-3-4-6-14(12)21-16/h3-9H,1-2H3,(H,19,20). The molecule has 3 rings (SSSR count). The lowest BCUT2D eigenvalue weighted by molar-refractivity contribution is 0.103. The van der Waals surface area contributed by atoms with Crippen LogP contribution in [0, 0.1) is 13.8 Å². The van der Waals surface area contributed by atoms with Crippen LogP contribution in [0.15, 0.2) is 46.9 Å². The number of anilines is 1. The zero-order chi connectivity index (χ0) is 15.0. The maximum Gasteiger partial charge on any atom is 0.266 e. The molecular formula is C17H14BrNOS. The van der Waals surface area contributed by atoms with E-state index in [1.54, 1.807) is 0 Å². The van der Waals surface area contributed by atoms with Crippen molar-refractivity contribution in [2.45, 2.75) is 13.8 Å². The van der Waals surface area contributed by atoms with Crippen LogP contribution < -0.4 is 5.32 Å². The van der Waals surface area contributed by atoms with E-state index in [4.69, 9.17) is 0 Å². The van der Waals surface area contributed by atoms with Crippen molar-refractivity contribution in [2.24, 2.45) is 0 Å². The summed E-state index contributed by atoms with van der Waals surface area (Å²) >= 11 is 5.05. The van der Waals surface area contributed by atoms with Crippen molar-refractivity contribution in [1.82, 2.24) is 0 Å². The predicted octanol–water partition coefficient (Wildman–Crippen LogP) is 5.53. The summed E-state index contributed by atoms with van der Waals surface area (Å²) in [5.74, 6) is -0.0740. The molecule has 3 aromatic rings. The molecule has 0 saturated heterocycles. The highest BCUT2D eigenvalue weighted by molar-refractivity contribution is 9.10. The first-order valence-electron chi connectivity index (χ1n) is 6.62. The fourth-order valence-electron chi connectivity index (χ4n) is 2.29. The normalized spacial score (nSPS) is 10.8. The third kappa shape index (κ3) is 2.74. The van der Waals surface area contributed by atoms with Gasteiger partial charge in [-0.1, -0.05) is 35.9 Å². The van der Waals surface area contributed by atoms with Crippen LogP contribution in [0.2, 0.25) is 0 Å². The van der Waals surface area contributed by atoms with E-state index in [1.165, 1.54) is 16.9 Å². The molecule has 0 aliphatic carbocycles. The van der Waals surface area contributed by atoms with Gasteiger partial charge in [0.2, 0.25) is 0 Å². The Morgan fingerprint density at radius 1 is 1.14 bits per heavy atom. The molecule has 2 nitrogen and oxygen atoms in total. The fraction of sp³-hybridized carbons (Fsp3) is 0.118. The highest BCUT2D eigenvalue weighted by atomic mass is 79.9. The van der Waals surface area contributed by atoms with Gasteiger partial charge >= 0.3 is 0 Å². The van der Waals surface area contributed by atoms with Crippen LogP contribution in [0.1, 0.15) is 20.8 Å². The van der Waals surface area contributed by atoms with E-state index in [0.717, 1.165) is 25.8 Å². The molecule has 1 aromatic heterocycles. The number of hydrogen-bond donors (Lipinski definition) is 1. The number of halogens is 1. The number of amides is 1. The van der Waals surface area contributed by atoms with E-state index in [1.807, 2.05) is 50.2 Å². The summed E-state index contributed by atoms with van der Waals surface area (Å²) < 4.78 is 1.97. The van der Waals surface area contributed by atoms with Gasteiger partial charge in [0.15, 0.2) is 0 Å². The van der Waals surface area contributed by atoms with Gasteiger partial charge in [-0.25, -0.2) is 0 Å². The zero-order valence-electron chi connectivity index (χ0n) is 11.7. The molecule has 0 atom stereocenters. The third-order valence-corrected chi connectivity index (χ3v) is 5.63. The summed E-state index contributed by atoms with van der Waals surface area (Å²) in [5.41, 5.74) is 3.11. The van der Waals surface area contributed by atoms with Gasteiger partial charge in [0.05, 0.1) is 0 Å². The van der Waals surface area contributed by atoms with Crippen molar-refractivity contribution >= 4 is 48.9 Å². The van der Waals surface area contributed by atoms with Crippen LogP contribution in [-0.4, -0.2) is 5.91 Å². The van der Waals surface area contributed by atoms with Crippen molar-refractivity contribution in [3.05, 3.63) is 62.9 Å². The molecule has 0 radical (unpaired) electrons. The number of hydrogen-bond acceptors (Lipinski definition) is 2. The Morgan fingerprint density at radius 3 is 2.62 bits per heavy atom. The molecule has 1 heterocycles. The minimum Gasteiger partial charge on any atom is -0.321 e. The Hall–Kier alpha value is -1.65. The van der Waals surface area contributed by atoms with Crippen LogP contribution in [0.3, 0.4) is 0 Å². The monoisotopic (exact) mass is 359 g/mol. The maximum absolute atomic E-state index is 12.5. The summed E-state index contributed by atoms with van der Waals surface area (Å²) in [6.07, 6.45) is 0. The van der Waals surface area contributed by atoms with Crippen LogP contribution in [-0.2, 0) is 0 Å². The average Bonchev–Trinajstić information content (AvgIpc) is 2.80. The molecule has 0 unspecified atom stereocenters. The minimum atomic E-state index is -0.0740. The van der Waals surface area contributed by atoms with Gasteiger partial charge in [0, 0.05) is 20.2 Å². The molecule has 4 heteroatoms. The Morgan fingerprint density at radius 2 is 1.90 bits per heavy atom. The predicted molar refractivity (Wildman–Crippen MR) is 93.4 cm³/mol. The Bertz CT molecular complexity index is 838. The van der Waals surface area contributed by atoms with Crippen LogP contribution in [0.5, 0.6) is 0 Å². The molecule has 0 fully saturated rings. The lowest BCUT2D eigenvalue weighted by Gasteiger charge is -2.08. The molecule has 0 aliphatic heterocycles. The quantitative estimate of drug-likeness (QED) is 0.639. The SMILES string of the molecule is Cc1ccc(NC(=O)c2sc3ccccc3c2Br)c(C)c1. The van der Waals surface area contributed by atoms with Crippen LogP contribution in [0.25, 0.3) is 10.1 Å². The number of fused-ring (bicyclic) bond motifs is 1. The molecule has 0 bridgehead atoms. The number of carbonyl (C=O) groups is 1. The largest absolute Gasteiger partial charge is 0.321 e. The summed E-state index contributed by atoms with van der Waals surface area (Å²) in [6.45, 7) is 4.05. The average molecular weight is 360 g/mol. The first-order chi connectivity index (χ1) is 10.1. The van der Waals surface area contributed by atoms with E-state index in [0.29, 0.717) is 4.88 Å². The minimum absolute atomic E-state index is 0.0740. The number of carbonyl (C=O) groups excluding carboxylic acids is 1. The number of benzene rings is 2. The van der Waals surface area contributed by atoms with Crippen LogP contribution in [0.4, 0.5) is 5.69 Å². The zero-order valence-corrected chi connectivity index (χ0v) is 14.1.